The van der Waals surface area contributed by atoms with E-state index >= 15 is 0 Å². The number of aryl methyl sites for hydroxylation is 1. The Morgan fingerprint density at radius 3 is 2.71 bits per heavy atom. The topological polar surface area (TPSA) is 101 Å². The van der Waals surface area contributed by atoms with E-state index in [1.807, 2.05) is 0 Å². The van der Waals surface area contributed by atoms with Gasteiger partial charge in [-0.05, 0) is 28.9 Å². The van der Waals surface area contributed by atoms with Crippen LogP contribution in [0.1, 0.15) is 10.6 Å². The average molecular weight is 394 g/mol. The number of thiophene rings is 1. The van der Waals surface area contributed by atoms with Crippen LogP contribution in [0.15, 0.2) is 20.8 Å². The van der Waals surface area contributed by atoms with Crippen molar-refractivity contribution in [3.63, 3.8) is 0 Å². The largest absolute Gasteiger partial charge is 0.481 e. The molecule has 0 aliphatic rings. The van der Waals surface area contributed by atoms with Crippen LogP contribution in [0.2, 0.25) is 0 Å². The molecule has 2 aromatic rings. The van der Waals surface area contributed by atoms with Gasteiger partial charge in [-0.1, -0.05) is 0 Å². The van der Waals surface area contributed by atoms with Crippen molar-refractivity contribution in [2.75, 3.05) is 11.8 Å². The fraction of sp³-hybridized carbons (Fsp3) is 0.273. The van der Waals surface area contributed by atoms with Crippen LogP contribution in [0.25, 0.3) is 0 Å². The first-order valence-electron chi connectivity index (χ1n) is 5.67. The summed E-state index contributed by atoms with van der Waals surface area (Å²) in [4.78, 5) is 8.50. The van der Waals surface area contributed by atoms with E-state index in [2.05, 4.69) is 30.6 Å². The number of aromatic nitrogens is 2. The molecule has 0 amide bonds. The first kappa shape index (κ1) is 16.1. The summed E-state index contributed by atoms with van der Waals surface area (Å²) in [5.74, 6) is 0.191. The maximum Gasteiger partial charge on any atom is 0.266 e. The number of sulfonamides is 1. The molecule has 0 aliphatic carbocycles. The molecule has 2 heterocycles. The molecular formula is C11H12BrN3O4S2. The monoisotopic (exact) mass is 393 g/mol. The summed E-state index contributed by atoms with van der Waals surface area (Å²) >= 11 is 4.32. The minimum atomic E-state index is -3.85. The van der Waals surface area contributed by atoms with E-state index in [0.717, 1.165) is 11.3 Å². The fourth-order valence-corrected chi connectivity index (χ4v) is 5.01. The molecule has 7 nitrogen and oxygen atoms in total. The van der Waals surface area contributed by atoms with Gasteiger partial charge in [0.15, 0.2) is 0 Å². The molecule has 0 radical (unpaired) electrons. The Bertz CT molecular complexity index is 761. The van der Waals surface area contributed by atoms with E-state index in [1.54, 1.807) is 13.0 Å². The molecule has 0 aliphatic heterocycles. The van der Waals surface area contributed by atoms with Crippen molar-refractivity contribution in [1.29, 1.82) is 0 Å². The fourth-order valence-electron chi connectivity index (χ4n) is 1.52. The summed E-state index contributed by atoms with van der Waals surface area (Å²) in [6.45, 7) is 1.47. The van der Waals surface area contributed by atoms with E-state index in [0.29, 0.717) is 14.4 Å². The van der Waals surface area contributed by atoms with Crippen molar-refractivity contribution >= 4 is 43.2 Å². The summed E-state index contributed by atoms with van der Waals surface area (Å²) < 4.78 is 32.3. The molecule has 21 heavy (non-hydrogen) atoms. The lowest BCUT2D eigenvalue weighted by Gasteiger charge is -2.07. The number of nitrogens with one attached hydrogen (secondary N) is 1. The zero-order chi connectivity index (χ0) is 15.6. The Morgan fingerprint density at radius 2 is 2.14 bits per heavy atom. The third-order valence-electron chi connectivity index (χ3n) is 2.42. The van der Waals surface area contributed by atoms with Crippen LogP contribution in [-0.2, 0) is 16.6 Å². The van der Waals surface area contributed by atoms with Gasteiger partial charge in [-0.3, -0.25) is 0 Å². The number of hydrogen-bond donors (Lipinski definition) is 2. The molecule has 0 atom stereocenters. The number of anilines is 1. The van der Waals surface area contributed by atoms with Gasteiger partial charge in [0.25, 0.3) is 10.0 Å². The highest BCUT2D eigenvalue weighted by atomic mass is 79.9. The lowest BCUT2D eigenvalue weighted by molar-refractivity contribution is 0.285. The number of nitrogens with zero attached hydrogens (tertiary/aromatic N) is 2. The summed E-state index contributed by atoms with van der Waals surface area (Å²) in [6, 6.07) is 2.98. The van der Waals surface area contributed by atoms with Crippen molar-refractivity contribution in [3.8, 4) is 5.88 Å². The summed E-state index contributed by atoms with van der Waals surface area (Å²) in [5.41, 5.74) is 0.569. The van der Waals surface area contributed by atoms with Gasteiger partial charge in [-0.25, -0.2) is 18.1 Å². The van der Waals surface area contributed by atoms with Gasteiger partial charge >= 0.3 is 0 Å². The Hall–Kier alpha value is -1.23. The number of methoxy groups -OCH3 is 1. The molecule has 2 N–H and O–H groups in total. The summed E-state index contributed by atoms with van der Waals surface area (Å²) in [5, 5.41) is 9.07. The van der Waals surface area contributed by atoms with Gasteiger partial charge < -0.3 is 9.84 Å². The van der Waals surface area contributed by atoms with Gasteiger partial charge in [-0.2, -0.15) is 4.98 Å². The van der Waals surface area contributed by atoms with Crippen LogP contribution in [0.4, 0.5) is 5.95 Å². The van der Waals surface area contributed by atoms with Gasteiger partial charge in [0.05, 0.1) is 17.5 Å². The Balaban J connectivity index is 2.37. The maximum atomic E-state index is 12.3. The molecule has 10 heteroatoms. The highest BCUT2D eigenvalue weighted by Gasteiger charge is 2.22. The number of hydrogen-bond acceptors (Lipinski definition) is 7. The van der Waals surface area contributed by atoms with Crippen molar-refractivity contribution < 1.29 is 18.3 Å². The van der Waals surface area contributed by atoms with Crippen molar-refractivity contribution in [2.45, 2.75) is 18.4 Å². The van der Waals surface area contributed by atoms with E-state index in [1.165, 1.54) is 13.2 Å². The Labute approximate surface area is 134 Å². The van der Waals surface area contributed by atoms with E-state index in [4.69, 9.17) is 9.84 Å². The number of rotatable bonds is 5. The molecule has 0 aromatic carbocycles. The third kappa shape index (κ3) is 3.70. The number of halogens is 1. The van der Waals surface area contributed by atoms with Crippen LogP contribution in [-0.4, -0.2) is 30.6 Å². The molecule has 0 spiro atoms. The minimum Gasteiger partial charge on any atom is -0.481 e. The zero-order valence-electron chi connectivity index (χ0n) is 11.1. The predicted molar refractivity (Wildman–Crippen MR) is 82.1 cm³/mol. The second-order valence-corrected chi connectivity index (χ2v) is 8.10. The lowest BCUT2D eigenvalue weighted by Crippen LogP contribution is -2.15. The molecule has 0 fully saturated rings. The van der Waals surface area contributed by atoms with Gasteiger partial charge in [0, 0.05) is 16.6 Å². The standard InChI is InChI=1S/C11H12BrN3O4S2/c1-6-3-9(19-2)14-11(13-6)15-21(17,18)8-4-7(5-16)20-10(8)12/h3-4,16H,5H2,1-2H3,(H,13,14,15). The normalized spacial score (nSPS) is 11.4. The lowest BCUT2D eigenvalue weighted by atomic mass is 10.4. The third-order valence-corrected chi connectivity index (χ3v) is 5.98. The van der Waals surface area contributed by atoms with E-state index in [9.17, 15) is 8.42 Å². The molecule has 0 bridgehead atoms. The first-order chi connectivity index (χ1) is 9.85. The number of ether oxygens (including phenoxy) is 1. The maximum absolute atomic E-state index is 12.3. The molecular weight excluding hydrogens is 382 g/mol. The molecule has 2 aromatic heterocycles. The van der Waals surface area contributed by atoms with Crippen molar-refractivity contribution in [1.82, 2.24) is 9.97 Å². The SMILES string of the molecule is COc1cc(C)nc(NS(=O)(=O)c2cc(CO)sc2Br)n1. The smallest absolute Gasteiger partial charge is 0.266 e. The van der Waals surface area contributed by atoms with Crippen LogP contribution >= 0.6 is 27.3 Å². The summed E-state index contributed by atoms with van der Waals surface area (Å²) in [7, 11) is -2.42. The molecule has 0 saturated heterocycles. The predicted octanol–water partition coefficient (Wildman–Crippen LogP) is 1.91. The quantitative estimate of drug-likeness (QED) is 0.804. The second kappa shape index (κ2) is 6.26. The van der Waals surface area contributed by atoms with Crippen molar-refractivity contribution in [2.24, 2.45) is 0 Å². The molecule has 0 saturated carbocycles. The van der Waals surface area contributed by atoms with Crippen LogP contribution in [0.5, 0.6) is 5.88 Å². The van der Waals surface area contributed by atoms with Gasteiger partial charge in [0.1, 0.15) is 4.90 Å². The second-order valence-electron chi connectivity index (χ2n) is 3.99. The molecule has 2 rings (SSSR count). The number of aliphatic hydroxyl groups excluding tert-OH is 1. The Morgan fingerprint density at radius 1 is 1.43 bits per heavy atom. The van der Waals surface area contributed by atoms with Crippen LogP contribution in [0, 0.1) is 6.92 Å². The van der Waals surface area contributed by atoms with E-state index < -0.39 is 10.0 Å². The van der Waals surface area contributed by atoms with Crippen LogP contribution < -0.4 is 9.46 Å². The van der Waals surface area contributed by atoms with Gasteiger partial charge in [-0.15, -0.1) is 11.3 Å². The first-order valence-corrected chi connectivity index (χ1v) is 8.76. The van der Waals surface area contributed by atoms with Gasteiger partial charge in [0.2, 0.25) is 11.8 Å². The van der Waals surface area contributed by atoms with Crippen LogP contribution in [0.3, 0.4) is 0 Å². The van der Waals surface area contributed by atoms with E-state index in [-0.39, 0.29) is 23.3 Å². The Kier molecular flexibility index (Phi) is 4.81. The highest BCUT2D eigenvalue weighted by Crippen LogP contribution is 2.32. The summed E-state index contributed by atoms with van der Waals surface area (Å²) in [6.07, 6.45) is 0. The average Bonchev–Trinajstić information content (AvgIpc) is 2.79. The van der Waals surface area contributed by atoms with Crippen molar-refractivity contribution in [3.05, 3.63) is 26.5 Å². The molecule has 114 valence electrons. The zero-order valence-corrected chi connectivity index (χ0v) is 14.3. The highest BCUT2D eigenvalue weighted by molar-refractivity contribution is 9.11. The number of aliphatic hydroxyl groups is 1. The molecule has 0 unspecified atom stereocenters. The minimum absolute atomic E-state index is 0.0284.